The van der Waals surface area contributed by atoms with Crippen LogP contribution in [-0.4, -0.2) is 58.3 Å². The van der Waals surface area contributed by atoms with Gasteiger partial charge < -0.3 is 9.67 Å². The summed E-state index contributed by atoms with van der Waals surface area (Å²) in [5.74, 6) is 0.526. The highest BCUT2D eigenvalue weighted by Crippen LogP contribution is 2.30. The van der Waals surface area contributed by atoms with E-state index in [2.05, 4.69) is 63.8 Å². The first-order chi connectivity index (χ1) is 14.8. The van der Waals surface area contributed by atoms with Crippen molar-refractivity contribution in [2.45, 2.75) is 51.7 Å². The Kier molecular flexibility index (Phi) is 5.81. The maximum atomic E-state index is 9.42. The van der Waals surface area contributed by atoms with Gasteiger partial charge in [0, 0.05) is 54.1 Å². The number of hydrogen-bond donors (Lipinski definition) is 1. The van der Waals surface area contributed by atoms with Gasteiger partial charge in [-0.2, -0.15) is 0 Å². The van der Waals surface area contributed by atoms with Gasteiger partial charge in [0.1, 0.15) is 0 Å². The monoisotopic (exact) mass is 405 g/mol. The zero-order chi connectivity index (χ0) is 20.5. The molecule has 1 aromatic heterocycles. The lowest BCUT2D eigenvalue weighted by molar-refractivity contribution is 0.0544. The summed E-state index contributed by atoms with van der Waals surface area (Å²) >= 11 is 0. The van der Waals surface area contributed by atoms with Crippen LogP contribution in [-0.2, 0) is 13.1 Å². The van der Waals surface area contributed by atoms with Crippen molar-refractivity contribution in [2.75, 3.05) is 32.8 Å². The Morgan fingerprint density at radius 3 is 2.53 bits per heavy atom. The molecule has 5 rings (SSSR count). The molecule has 2 saturated heterocycles. The smallest absolute Gasteiger partial charge is 0.0491 e. The third-order valence-electron chi connectivity index (χ3n) is 7.46. The van der Waals surface area contributed by atoms with Crippen LogP contribution in [0, 0.1) is 5.92 Å². The van der Waals surface area contributed by atoms with Gasteiger partial charge in [0.2, 0.25) is 0 Å². The predicted octanol–water partition coefficient (Wildman–Crippen LogP) is 4.48. The molecule has 0 aliphatic carbocycles. The molecule has 1 atom stereocenters. The molecular weight excluding hydrogens is 370 g/mol. The number of benzene rings is 2. The fraction of sp³-hybridized carbons (Fsp3) is 0.538. The number of hydrogen-bond acceptors (Lipinski definition) is 3. The summed E-state index contributed by atoms with van der Waals surface area (Å²) in [4.78, 5) is 5.35. The van der Waals surface area contributed by atoms with Crippen molar-refractivity contribution in [3.05, 3.63) is 48.0 Å². The summed E-state index contributed by atoms with van der Waals surface area (Å²) in [6, 6.07) is 16.6. The van der Waals surface area contributed by atoms with E-state index in [1.807, 2.05) is 0 Å². The topological polar surface area (TPSA) is 31.6 Å². The molecule has 0 spiro atoms. The summed E-state index contributed by atoms with van der Waals surface area (Å²) in [5.41, 5.74) is 4.13. The molecule has 1 N–H and O–H groups in total. The van der Waals surface area contributed by atoms with Crippen LogP contribution < -0.4 is 0 Å². The van der Waals surface area contributed by atoms with E-state index >= 15 is 0 Å². The molecule has 4 heteroatoms. The maximum Gasteiger partial charge on any atom is 0.0491 e. The number of aryl methyl sites for hydroxylation is 1. The molecule has 0 saturated carbocycles. The molecule has 2 fully saturated rings. The molecule has 0 radical (unpaired) electrons. The Balaban J connectivity index is 1.32. The SMILES string of the molecule is CCn1c2ccccc2c2cc(CN3CCC[C@H](N4CCC(CO)CC4)C3)ccc21. The summed E-state index contributed by atoms with van der Waals surface area (Å²) < 4.78 is 2.43. The summed E-state index contributed by atoms with van der Waals surface area (Å²) in [5, 5.41) is 12.2. The molecule has 3 aromatic rings. The number of fused-ring (bicyclic) bond motifs is 3. The molecule has 0 unspecified atom stereocenters. The molecular formula is C26H35N3O. The third-order valence-corrected chi connectivity index (χ3v) is 7.46. The van der Waals surface area contributed by atoms with Gasteiger partial charge in [0.05, 0.1) is 0 Å². The Bertz CT molecular complexity index is 1000. The number of likely N-dealkylation sites (tertiary alicyclic amines) is 2. The Morgan fingerprint density at radius 1 is 0.933 bits per heavy atom. The van der Waals surface area contributed by atoms with E-state index < -0.39 is 0 Å². The second-order valence-electron chi connectivity index (χ2n) is 9.31. The molecule has 0 bridgehead atoms. The minimum atomic E-state index is 0.363. The molecule has 160 valence electrons. The van der Waals surface area contributed by atoms with Crippen LogP contribution in [0.3, 0.4) is 0 Å². The second-order valence-corrected chi connectivity index (χ2v) is 9.31. The molecule has 3 heterocycles. The quantitative estimate of drug-likeness (QED) is 0.679. The van der Waals surface area contributed by atoms with Gasteiger partial charge in [0.15, 0.2) is 0 Å². The van der Waals surface area contributed by atoms with Crippen LogP contribution in [0.25, 0.3) is 21.8 Å². The average molecular weight is 406 g/mol. The van der Waals surface area contributed by atoms with Gasteiger partial charge in [-0.1, -0.05) is 24.3 Å². The molecule has 4 nitrogen and oxygen atoms in total. The van der Waals surface area contributed by atoms with E-state index in [1.54, 1.807) is 0 Å². The van der Waals surface area contributed by atoms with Crippen molar-refractivity contribution >= 4 is 21.8 Å². The highest BCUT2D eigenvalue weighted by molar-refractivity contribution is 6.08. The van der Waals surface area contributed by atoms with Gasteiger partial charge in [-0.05, 0) is 81.9 Å². The first kappa shape index (κ1) is 20.0. The van der Waals surface area contributed by atoms with Gasteiger partial charge in [-0.15, -0.1) is 0 Å². The normalized spacial score (nSPS) is 22.3. The summed E-state index contributed by atoms with van der Waals surface area (Å²) in [7, 11) is 0. The number of aliphatic hydroxyl groups is 1. The first-order valence-corrected chi connectivity index (χ1v) is 11.8. The third kappa shape index (κ3) is 3.77. The fourth-order valence-electron chi connectivity index (χ4n) is 5.77. The molecule has 2 aliphatic rings. The molecule has 2 aromatic carbocycles. The van der Waals surface area contributed by atoms with Crippen LogP contribution in [0.15, 0.2) is 42.5 Å². The van der Waals surface area contributed by atoms with Crippen molar-refractivity contribution in [3.63, 3.8) is 0 Å². The lowest BCUT2D eigenvalue weighted by atomic mass is 9.94. The van der Waals surface area contributed by atoms with E-state index in [-0.39, 0.29) is 0 Å². The molecule has 0 amide bonds. The highest BCUT2D eigenvalue weighted by Gasteiger charge is 2.28. The van der Waals surface area contributed by atoms with Crippen LogP contribution in [0.4, 0.5) is 0 Å². The second kappa shape index (κ2) is 8.70. The van der Waals surface area contributed by atoms with Crippen LogP contribution in [0.2, 0.25) is 0 Å². The zero-order valence-corrected chi connectivity index (χ0v) is 18.3. The van der Waals surface area contributed by atoms with Crippen LogP contribution >= 0.6 is 0 Å². The predicted molar refractivity (Wildman–Crippen MR) is 125 cm³/mol. The van der Waals surface area contributed by atoms with Crippen molar-refractivity contribution < 1.29 is 5.11 Å². The molecule has 2 aliphatic heterocycles. The summed E-state index contributed by atoms with van der Waals surface area (Å²) in [6.45, 7) is 9.35. The number of nitrogens with zero attached hydrogens (tertiary/aromatic N) is 3. The largest absolute Gasteiger partial charge is 0.396 e. The number of aromatic nitrogens is 1. The van der Waals surface area contributed by atoms with Crippen molar-refractivity contribution in [2.24, 2.45) is 5.92 Å². The lowest BCUT2D eigenvalue weighted by Gasteiger charge is -2.42. The van der Waals surface area contributed by atoms with E-state index in [9.17, 15) is 5.11 Å². The van der Waals surface area contributed by atoms with Gasteiger partial charge >= 0.3 is 0 Å². The van der Waals surface area contributed by atoms with E-state index in [0.717, 1.165) is 39.0 Å². The van der Waals surface area contributed by atoms with E-state index in [1.165, 1.54) is 53.3 Å². The Labute approximate surface area is 180 Å². The van der Waals surface area contributed by atoms with Crippen LogP contribution in [0.1, 0.15) is 38.2 Å². The van der Waals surface area contributed by atoms with Gasteiger partial charge in [-0.25, -0.2) is 0 Å². The molecule has 30 heavy (non-hydrogen) atoms. The van der Waals surface area contributed by atoms with Gasteiger partial charge in [-0.3, -0.25) is 9.80 Å². The van der Waals surface area contributed by atoms with Crippen molar-refractivity contribution in [1.82, 2.24) is 14.4 Å². The van der Waals surface area contributed by atoms with Crippen molar-refractivity contribution in [3.8, 4) is 0 Å². The first-order valence-electron chi connectivity index (χ1n) is 11.8. The summed E-state index contributed by atoms with van der Waals surface area (Å²) in [6.07, 6.45) is 4.93. The number of rotatable bonds is 5. The van der Waals surface area contributed by atoms with Crippen molar-refractivity contribution in [1.29, 1.82) is 0 Å². The number of aliphatic hydroxyl groups excluding tert-OH is 1. The van der Waals surface area contributed by atoms with E-state index in [4.69, 9.17) is 0 Å². The maximum absolute atomic E-state index is 9.42. The number of para-hydroxylation sites is 1. The minimum Gasteiger partial charge on any atom is -0.396 e. The van der Waals surface area contributed by atoms with E-state index in [0.29, 0.717) is 18.6 Å². The Morgan fingerprint density at radius 2 is 1.73 bits per heavy atom. The highest BCUT2D eigenvalue weighted by atomic mass is 16.3. The average Bonchev–Trinajstić information content (AvgIpc) is 3.12. The zero-order valence-electron chi connectivity index (χ0n) is 18.3. The van der Waals surface area contributed by atoms with Gasteiger partial charge in [0.25, 0.3) is 0 Å². The Hall–Kier alpha value is -1.88. The van der Waals surface area contributed by atoms with Crippen LogP contribution in [0.5, 0.6) is 0 Å². The standard InChI is InChI=1S/C26H35N3O/c1-2-29-25-8-4-3-7-23(25)24-16-21(9-10-26(24)29)17-27-13-5-6-22(18-27)28-14-11-20(19-30)12-15-28/h3-4,7-10,16,20,22,30H,2,5-6,11-15,17-19H2,1H3/t22-/m0/s1. The lowest BCUT2D eigenvalue weighted by Crippen LogP contribution is -2.50. The minimum absolute atomic E-state index is 0.363. The number of piperidine rings is 2. The fourth-order valence-corrected chi connectivity index (χ4v) is 5.77.